The predicted molar refractivity (Wildman–Crippen MR) is 66.8 cm³/mol. The minimum absolute atomic E-state index is 0.0553. The van der Waals surface area contributed by atoms with Crippen LogP contribution >= 0.6 is 0 Å². The van der Waals surface area contributed by atoms with E-state index in [2.05, 4.69) is 0 Å². The van der Waals surface area contributed by atoms with Gasteiger partial charge in [-0.2, -0.15) is 0 Å². The fraction of sp³-hybridized carbons (Fsp3) is 0.417. The Hall–Kier alpha value is -1.36. The Bertz CT molecular complexity index is 536. The zero-order valence-corrected chi connectivity index (χ0v) is 10.5. The number of benzene rings is 1. The third-order valence-corrected chi connectivity index (χ3v) is 3.85. The van der Waals surface area contributed by atoms with Crippen LogP contribution in [0, 0.1) is 0 Å². The molecule has 0 N–H and O–H groups in total. The Kier molecular flexibility index (Phi) is 3.19. The van der Waals surface area contributed by atoms with Crippen molar-refractivity contribution in [3.8, 4) is 0 Å². The van der Waals surface area contributed by atoms with Gasteiger partial charge in [-0.25, -0.2) is 8.42 Å². The summed E-state index contributed by atoms with van der Waals surface area (Å²) < 4.78 is 22.1. The molecule has 0 saturated carbocycles. The molecule has 0 fully saturated rings. The lowest BCUT2D eigenvalue weighted by Crippen LogP contribution is -2.28. The van der Waals surface area contributed by atoms with E-state index >= 15 is 0 Å². The van der Waals surface area contributed by atoms with Crippen LogP contribution in [0.25, 0.3) is 0 Å². The topological polar surface area (TPSA) is 54.5 Å². The SMILES string of the molecule is CS(=O)(=O)CCCN1C(=O)Cc2ccccc21. The molecule has 0 unspecified atom stereocenters. The van der Waals surface area contributed by atoms with Crippen LogP contribution in [0.3, 0.4) is 0 Å². The van der Waals surface area contributed by atoms with Crippen LogP contribution in [-0.4, -0.2) is 32.9 Å². The number of rotatable bonds is 4. The van der Waals surface area contributed by atoms with E-state index in [0.717, 1.165) is 11.3 Å². The Morgan fingerprint density at radius 3 is 2.71 bits per heavy atom. The fourth-order valence-electron chi connectivity index (χ4n) is 2.05. The minimum atomic E-state index is -2.95. The smallest absolute Gasteiger partial charge is 0.231 e. The largest absolute Gasteiger partial charge is 0.312 e. The average Bonchev–Trinajstić information content (AvgIpc) is 2.54. The highest BCUT2D eigenvalue weighted by Gasteiger charge is 2.26. The number of para-hydroxylation sites is 1. The molecule has 1 aromatic carbocycles. The molecule has 17 heavy (non-hydrogen) atoms. The molecular formula is C12H15NO3S. The van der Waals surface area contributed by atoms with Crippen molar-refractivity contribution in [3.05, 3.63) is 29.8 Å². The lowest BCUT2D eigenvalue weighted by Gasteiger charge is -2.16. The van der Waals surface area contributed by atoms with E-state index in [4.69, 9.17) is 0 Å². The standard InChI is InChI=1S/C12H15NO3S/c1-17(15,16)8-4-7-13-11-6-3-2-5-10(11)9-12(13)14/h2-3,5-6H,4,7-9H2,1H3. The van der Waals surface area contributed by atoms with Gasteiger partial charge in [0.25, 0.3) is 0 Å². The summed E-state index contributed by atoms with van der Waals surface area (Å²) in [4.78, 5) is 13.4. The molecule has 0 saturated heterocycles. The Morgan fingerprint density at radius 2 is 2.00 bits per heavy atom. The number of carbonyl (C=O) groups is 1. The highest BCUT2D eigenvalue weighted by atomic mass is 32.2. The van der Waals surface area contributed by atoms with Gasteiger partial charge >= 0.3 is 0 Å². The van der Waals surface area contributed by atoms with Gasteiger partial charge in [-0.15, -0.1) is 0 Å². The van der Waals surface area contributed by atoms with Crippen LogP contribution in [0.5, 0.6) is 0 Å². The van der Waals surface area contributed by atoms with E-state index in [-0.39, 0.29) is 11.7 Å². The molecule has 1 aliphatic rings. The molecule has 5 heteroatoms. The van der Waals surface area contributed by atoms with Crippen molar-refractivity contribution in [1.82, 2.24) is 0 Å². The van der Waals surface area contributed by atoms with E-state index in [1.54, 1.807) is 4.90 Å². The van der Waals surface area contributed by atoms with Crippen molar-refractivity contribution in [1.29, 1.82) is 0 Å². The zero-order chi connectivity index (χ0) is 12.5. The van der Waals surface area contributed by atoms with Gasteiger partial charge in [0.1, 0.15) is 9.84 Å². The van der Waals surface area contributed by atoms with Gasteiger partial charge in [-0.3, -0.25) is 4.79 Å². The number of fused-ring (bicyclic) bond motifs is 1. The van der Waals surface area contributed by atoms with E-state index in [9.17, 15) is 13.2 Å². The first-order valence-electron chi connectivity index (χ1n) is 5.53. The quantitative estimate of drug-likeness (QED) is 0.804. The molecule has 1 heterocycles. The molecule has 1 amide bonds. The maximum atomic E-state index is 11.8. The molecule has 2 rings (SSSR count). The summed E-state index contributed by atoms with van der Waals surface area (Å²) in [7, 11) is -2.95. The maximum absolute atomic E-state index is 11.8. The highest BCUT2D eigenvalue weighted by Crippen LogP contribution is 2.28. The van der Waals surface area contributed by atoms with E-state index in [1.165, 1.54) is 6.26 Å². The van der Waals surface area contributed by atoms with Crippen LogP contribution in [0.1, 0.15) is 12.0 Å². The summed E-state index contributed by atoms with van der Waals surface area (Å²) in [5.74, 6) is 0.179. The van der Waals surface area contributed by atoms with Crippen LogP contribution in [-0.2, 0) is 21.1 Å². The zero-order valence-electron chi connectivity index (χ0n) is 9.72. The van der Waals surface area contributed by atoms with Gasteiger partial charge in [0.05, 0.1) is 12.2 Å². The third-order valence-electron chi connectivity index (χ3n) is 2.82. The predicted octanol–water partition coefficient (Wildman–Crippen LogP) is 1.01. The van der Waals surface area contributed by atoms with Crippen molar-refractivity contribution in [2.75, 3.05) is 23.5 Å². The Labute approximate surface area is 101 Å². The number of amides is 1. The maximum Gasteiger partial charge on any atom is 0.231 e. The molecule has 0 aliphatic carbocycles. The summed E-state index contributed by atoms with van der Waals surface area (Å²) in [5.41, 5.74) is 1.95. The molecule has 0 radical (unpaired) electrons. The fourth-order valence-corrected chi connectivity index (χ4v) is 2.70. The average molecular weight is 253 g/mol. The highest BCUT2D eigenvalue weighted by molar-refractivity contribution is 7.90. The van der Waals surface area contributed by atoms with Crippen LogP contribution in [0.15, 0.2) is 24.3 Å². The second-order valence-electron chi connectivity index (χ2n) is 4.33. The molecule has 0 bridgehead atoms. The van der Waals surface area contributed by atoms with Crippen molar-refractivity contribution in [3.63, 3.8) is 0 Å². The molecule has 4 nitrogen and oxygen atoms in total. The summed E-state index contributed by atoms with van der Waals surface area (Å²) in [6.45, 7) is 0.475. The lowest BCUT2D eigenvalue weighted by atomic mass is 10.2. The first-order chi connectivity index (χ1) is 7.97. The summed E-state index contributed by atoms with van der Waals surface area (Å²) >= 11 is 0. The third kappa shape index (κ3) is 2.85. The Balaban J connectivity index is 2.05. The number of sulfone groups is 1. The lowest BCUT2D eigenvalue weighted by molar-refractivity contribution is -0.117. The normalized spacial score (nSPS) is 15.1. The number of anilines is 1. The minimum Gasteiger partial charge on any atom is -0.312 e. The van der Waals surface area contributed by atoms with E-state index in [0.29, 0.717) is 19.4 Å². The van der Waals surface area contributed by atoms with Gasteiger partial charge in [0.2, 0.25) is 5.91 Å². The first kappa shape index (κ1) is 12.1. The number of carbonyl (C=O) groups excluding carboxylic acids is 1. The second kappa shape index (κ2) is 4.49. The van der Waals surface area contributed by atoms with Gasteiger partial charge < -0.3 is 4.90 Å². The van der Waals surface area contributed by atoms with Gasteiger partial charge in [0.15, 0.2) is 0 Å². The second-order valence-corrected chi connectivity index (χ2v) is 6.59. The summed E-state index contributed by atoms with van der Waals surface area (Å²) in [6.07, 6.45) is 2.13. The van der Waals surface area contributed by atoms with Crippen molar-refractivity contribution in [2.45, 2.75) is 12.8 Å². The van der Waals surface area contributed by atoms with Crippen molar-refractivity contribution < 1.29 is 13.2 Å². The van der Waals surface area contributed by atoms with Crippen molar-refractivity contribution in [2.24, 2.45) is 0 Å². The molecule has 0 spiro atoms. The summed E-state index contributed by atoms with van der Waals surface area (Å²) in [6, 6.07) is 7.64. The van der Waals surface area contributed by atoms with Gasteiger partial charge in [-0.1, -0.05) is 18.2 Å². The molecule has 0 aromatic heterocycles. The molecule has 92 valence electrons. The Morgan fingerprint density at radius 1 is 1.29 bits per heavy atom. The molecule has 0 atom stereocenters. The van der Waals surface area contributed by atoms with Crippen LogP contribution in [0.2, 0.25) is 0 Å². The molecule has 1 aromatic rings. The monoisotopic (exact) mass is 253 g/mol. The molecule has 1 aliphatic heterocycles. The number of hydrogen-bond donors (Lipinski definition) is 0. The van der Waals surface area contributed by atoms with Crippen LogP contribution < -0.4 is 4.90 Å². The first-order valence-corrected chi connectivity index (χ1v) is 7.59. The van der Waals surface area contributed by atoms with Gasteiger partial charge in [-0.05, 0) is 18.1 Å². The van der Waals surface area contributed by atoms with Crippen molar-refractivity contribution >= 4 is 21.4 Å². The number of hydrogen-bond acceptors (Lipinski definition) is 3. The number of nitrogens with zero attached hydrogens (tertiary/aromatic N) is 1. The van der Waals surface area contributed by atoms with Gasteiger partial charge in [0, 0.05) is 18.5 Å². The van der Waals surface area contributed by atoms with E-state index in [1.807, 2.05) is 24.3 Å². The summed E-state index contributed by atoms with van der Waals surface area (Å²) in [5, 5.41) is 0. The van der Waals surface area contributed by atoms with E-state index < -0.39 is 9.84 Å². The van der Waals surface area contributed by atoms with Crippen LogP contribution in [0.4, 0.5) is 5.69 Å². The molecular weight excluding hydrogens is 238 g/mol.